The predicted octanol–water partition coefficient (Wildman–Crippen LogP) is 3.59. The van der Waals surface area contributed by atoms with Crippen LogP contribution in [-0.4, -0.2) is 11.0 Å². The van der Waals surface area contributed by atoms with E-state index >= 15 is 0 Å². The summed E-state index contributed by atoms with van der Waals surface area (Å²) in [6.45, 7) is 0. The number of aromatic hydroxyl groups is 1. The molecule has 19 heavy (non-hydrogen) atoms. The number of rotatable bonds is 2. The van der Waals surface area contributed by atoms with Gasteiger partial charge in [0.05, 0.1) is 9.26 Å². The van der Waals surface area contributed by atoms with Crippen molar-refractivity contribution in [2.24, 2.45) is 0 Å². The molecule has 1 amide bonds. The molecule has 0 aliphatic rings. The highest BCUT2D eigenvalue weighted by molar-refractivity contribution is 14.1. The number of amides is 1. The number of carbonyl (C=O) groups excluding carboxylic acids is 1. The average Bonchev–Trinajstić information content (AvgIpc) is 2.36. The highest BCUT2D eigenvalue weighted by Gasteiger charge is 2.10. The maximum absolute atomic E-state index is 12.0. The van der Waals surface area contributed by atoms with Crippen molar-refractivity contribution in [3.8, 4) is 5.75 Å². The molecule has 0 aliphatic heterocycles. The molecule has 0 heterocycles. The Morgan fingerprint density at radius 1 is 1.26 bits per heavy atom. The van der Waals surface area contributed by atoms with Gasteiger partial charge >= 0.3 is 0 Å². The summed E-state index contributed by atoms with van der Waals surface area (Å²) in [4.78, 5) is 12.0. The van der Waals surface area contributed by atoms with E-state index in [0.717, 1.165) is 0 Å². The van der Waals surface area contributed by atoms with Gasteiger partial charge in [-0.2, -0.15) is 0 Å². The highest BCUT2D eigenvalue weighted by Crippen LogP contribution is 2.26. The molecule has 0 fully saturated rings. The van der Waals surface area contributed by atoms with E-state index in [1.165, 1.54) is 6.07 Å². The number of nitrogens with one attached hydrogen (secondary N) is 1. The monoisotopic (exact) mass is 432 g/mol. The van der Waals surface area contributed by atoms with Crippen LogP contribution in [0.5, 0.6) is 5.75 Å². The van der Waals surface area contributed by atoms with Crippen molar-refractivity contribution in [2.45, 2.75) is 0 Å². The van der Waals surface area contributed by atoms with E-state index in [-0.39, 0.29) is 11.7 Å². The Kier molecular flexibility index (Phi) is 4.31. The maximum atomic E-state index is 12.0. The first-order chi connectivity index (χ1) is 8.97. The largest absolute Gasteiger partial charge is 0.507 e. The molecule has 0 atom stereocenters. The Hall–Kier alpha value is -1.28. The molecule has 0 spiro atoms. The zero-order valence-electron chi connectivity index (χ0n) is 9.65. The Labute approximate surface area is 132 Å². The van der Waals surface area contributed by atoms with Crippen LogP contribution in [0.2, 0.25) is 0 Å². The van der Waals surface area contributed by atoms with Crippen LogP contribution >= 0.6 is 38.5 Å². The van der Waals surface area contributed by atoms with Crippen LogP contribution in [-0.2, 0) is 0 Å². The third-order valence-corrected chi connectivity index (χ3v) is 4.02. The zero-order valence-corrected chi connectivity index (χ0v) is 13.4. The number of hydrogen-bond acceptors (Lipinski definition) is 3. The third kappa shape index (κ3) is 3.38. The summed E-state index contributed by atoms with van der Waals surface area (Å²) in [7, 11) is 0. The molecule has 0 radical (unpaired) electrons. The number of phenolic OH excluding ortho intramolecular Hbond substituents is 1. The van der Waals surface area contributed by atoms with Gasteiger partial charge in [0.15, 0.2) is 0 Å². The van der Waals surface area contributed by atoms with Crippen molar-refractivity contribution >= 4 is 55.8 Å². The summed E-state index contributed by atoms with van der Waals surface area (Å²) in [6.07, 6.45) is 0. The number of benzene rings is 2. The molecular formula is C13H10BrIN2O2. The fraction of sp³-hybridized carbons (Fsp3) is 0. The van der Waals surface area contributed by atoms with Gasteiger partial charge in [-0.25, -0.2) is 0 Å². The fourth-order valence-corrected chi connectivity index (χ4v) is 2.31. The first kappa shape index (κ1) is 14.1. The van der Waals surface area contributed by atoms with Gasteiger partial charge < -0.3 is 16.2 Å². The zero-order chi connectivity index (χ0) is 14.0. The van der Waals surface area contributed by atoms with Gasteiger partial charge in [0, 0.05) is 15.7 Å². The number of anilines is 2. The molecule has 2 aromatic rings. The van der Waals surface area contributed by atoms with Crippen LogP contribution < -0.4 is 11.1 Å². The minimum Gasteiger partial charge on any atom is -0.507 e. The van der Waals surface area contributed by atoms with Gasteiger partial charge in [-0.3, -0.25) is 4.79 Å². The second-order valence-electron chi connectivity index (χ2n) is 3.86. The predicted molar refractivity (Wildman–Crippen MR) is 87.3 cm³/mol. The Bertz CT molecular complexity index is 647. The van der Waals surface area contributed by atoms with Gasteiger partial charge in [-0.05, 0) is 74.9 Å². The quantitative estimate of drug-likeness (QED) is 0.501. The number of carbonyl (C=O) groups is 1. The molecule has 2 aromatic carbocycles. The second kappa shape index (κ2) is 5.79. The maximum Gasteiger partial charge on any atom is 0.255 e. The lowest BCUT2D eigenvalue weighted by Crippen LogP contribution is -2.12. The smallest absolute Gasteiger partial charge is 0.255 e. The molecule has 4 nitrogen and oxygen atoms in total. The highest BCUT2D eigenvalue weighted by atomic mass is 127. The number of nitrogen functional groups attached to an aromatic ring is 1. The van der Waals surface area contributed by atoms with Crippen molar-refractivity contribution < 1.29 is 9.90 Å². The summed E-state index contributed by atoms with van der Waals surface area (Å²) >= 11 is 5.32. The summed E-state index contributed by atoms with van der Waals surface area (Å²) in [5, 5.41) is 12.3. The van der Waals surface area contributed by atoms with Crippen molar-refractivity contribution in [3.05, 3.63) is 50.0 Å². The summed E-state index contributed by atoms with van der Waals surface area (Å²) < 4.78 is 1.40. The number of hydrogen-bond donors (Lipinski definition) is 3. The van der Waals surface area contributed by atoms with Crippen molar-refractivity contribution in [1.82, 2.24) is 0 Å². The van der Waals surface area contributed by atoms with E-state index in [2.05, 4.69) is 21.2 Å². The van der Waals surface area contributed by atoms with Crippen LogP contribution in [0.1, 0.15) is 10.4 Å². The topological polar surface area (TPSA) is 75.3 Å². The summed E-state index contributed by atoms with van der Waals surface area (Å²) in [5.74, 6) is -0.207. The number of nitrogens with two attached hydrogens (primary N) is 1. The first-order valence-electron chi connectivity index (χ1n) is 5.32. The molecule has 98 valence electrons. The average molecular weight is 433 g/mol. The lowest BCUT2D eigenvalue weighted by molar-refractivity contribution is 0.102. The summed E-state index contributed by atoms with van der Waals surface area (Å²) in [5.41, 5.74) is 7.25. The molecular weight excluding hydrogens is 423 g/mol. The Balaban J connectivity index is 2.23. The van der Waals surface area contributed by atoms with Gasteiger partial charge in [-0.1, -0.05) is 0 Å². The van der Waals surface area contributed by atoms with Crippen molar-refractivity contribution in [1.29, 1.82) is 0 Å². The fourth-order valence-electron chi connectivity index (χ4n) is 1.48. The Morgan fingerprint density at radius 2 is 2.00 bits per heavy atom. The molecule has 6 heteroatoms. The first-order valence-corrected chi connectivity index (χ1v) is 7.19. The van der Waals surface area contributed by atoms with Crippen LogP contribution in [0.3, 0.4) is 0 Å². The van der Waals surface area contributed by atoms with E-state index in [1.54, 1.807) is 30.3 Å². The molecule has 0 saturated heterocycles. The van der Waals surface area contributed by atoms with E-state index in [9.17, 15) is 9.90 Å². The van der Waals surface area contributed by atoms with E-state index in [4.69, 9.17) is 5.73 Å². The third-order valence-electron chi connectivity index (χ3n) is 2.45. The van der Waals surface area contributed by atoms with Crippen LogP contribution in [0.4, 0.5) is 11.4 Å². The molecule has 0 saturated carbocycles. The van der Waals surface area contributed by atoms with Crippen LogP contribution in [0, 0.1) is 3.57 Å². The molecule has 0 aromatic heterocycles. The molecule has 0 bridgehead atoms. The molecule has 4 N–H and O–H groups in total. The molecule has 2 rings (SSSR count). The lowest BCUT2D eigenvalue weighted by atomic mass is 10.2. The van der Waals surface area contributed by atoms with Crippen LogP contribution in [0.15, 0.2) is 40.9 Å². The minimum atomic E-state index is -0.294. The minimum absolute atomic E-state index is 0.0876. The lowest BCUT2D eigenvalue weighted by Gasteiger charge is -2.08. The van der Waals surface area contributed by atoms with Crippen molar-refractivity contribution in [3.63, 3.8) is 0 Å². The van der Waals surface area contributed by atoms with Gasteiger partial charge in [0.2, 0.25) is 0 Å². The molecule has 0 unspecified atom stereocenters. The summed E-state index contributed by atoms with van der Waals surface area (Å²) in [6, 6.07) is 9.89. The SMILES string of the molecule is Nc1ccc(NC(=O)c2ccc(I)c(O)c2)c(Br)c1. The second-order valence-corrected chi connectivity index (χ2v) is 5.88. The standard InChI is InChI=1S/C13H10BrIN2O2/c14-9-6-8(16)2-4-11(9)17-13(19)7-1-3-10(15)12(18)5-7/h1-6,18H,16H2,(H,17,19). The number of phenols is 1. The van der Waals surface area contributed by atoms with Gasteiger partial charge in [0.1, 0.15) is 5.75 Å². The normalized spacial score (nSPS) is 10.2. The number of halogens is 2. The van der Waals surface area contributed by atoms with Gasteiger partial charge in [-0.15, -0.1) is 0 Å². The van der Waals surface area contributed by atoms with E-state index < -0.39 is 0 Å². The van der Waals surface area contributed by atoms with Gasteiger partial charge in [0.25, 0.3) is 5.91 Å². The van der Waals surface area contributed by atoms with Crippen LogP contribution in [0.25, 0.3) is 0 Å². The molecule has 0 aliphatic carbocycles. The van der Waals surface area contributed by atoms with E-state index in [0.29, 0.717) is 25.0 Å². The van der Waals surface area contributed by atoms with Crippen molar-refractivity contribution in [2.75, 3.05) is 11.1 Å². The Morgan fingerprint density at radius 3 is 2.63 bits per heavy atom. The van der Waals surface area contributed by atoms with E-state index in [1.807, 2.05) is 22.6 Å².